The van der Waals surface area contributed by atoms with Gasteiger partial charge in [-0.15, -0.1) is 0 Å². The molecule has 1 amide bonds. The lowest BCUT2D eigenvalue weighted by Crippen LogP contribution is -2.34. The molecule has 1 aromatic carbocycles. The number of carbonyl (C=O) groups excluding carboxylic acids is 1. The molecular weight excluding hydrogens is 262 g/mol. The number of nitrogens with two attached hydrogens (primary N) is 1. The maximum Gasteiger partial charge on any atom is 0.293 e. The van der Waals surface area contributed by atoms with Crippen LogP contribution in [0.4, 0.5) is 11.4 Å². The topological polar surface area (TPSA) is 114 Å². The molecule has 8 nitrogen and oxygen atoms in total. The second-order valence-corrected chi connectivity index (χ2v) is 4.38. The van der Waals surface area contributed by atoms with Crippen LogP contribution >= 0.6 is 0 Å². The predicted octanol–water partition coefficient (Wildman–Crippen LogP) is 0.448. The highest BCUT2D eigenvalue weighted by molar-refractivity contribution is 5.77. The number of nitro benzene ring substituents is 1. The summed E-state index contributed by atoms with van der Waals surface area (Å²) in [4.78, 5) is 23.6. The van der Waals surface area contributed by atoms with Gasteiger partial charge in [0.25, 0.3) is 5.69 Å². The van der Waals surface area contributed by atoms with Crippen molar-refractivity contribution < 1.29 is 9.72 Å². The average Bonchev–Trinajstić information content (AvgIpc) is 2.38. The van der Waals surface area contributed by atoms with Crippen molar-refractivity contribution in [3.8, 4) is 0 Å². The van der Waals surface area contributed by atoms with Crippen LogP contribution in [0.15, 0.2) is 18.2 Å². The van der Waals surface area contributed by atoms with Crippen molar-refractivity contribution in [2.75, 3.05) is 25.6 Å². The lowest BCUT2D eigenvalue weighted by Gasteiger charge is -2.16. The van der Waals surface area contributed by atoms with Gasteiger partial charge in [-0.25, -0.2) is 0 Å². The van der Waals surface area contributed by atoms with E-state index < -0.39 is 4.92 Å². The van der Waals surface area contributed by atoms with E-state index in [4.69, 9.17) is 5.84 Å². The highest BCUT2D eigenvalue weighted by Crippen LogP contribution is 2.24. The lowest BCUT2D eigenvalue weighted by molar-refractivity contribution is -0.384. The molecule has 8 heteroatoms. The second-order valence-electron chi connectivity index (χ2n) is 4.38. The number of hydrogen-bond acceptors (Lipinski definition) is 6. The van der Waals surface area contributed by atoms with E-state index in [1.807, 2.05) is 6.92 Å². The van der Waals surface area contributed by atoms with Crippen molar-refractivity contribution in [3.63, 3.8) is 0 Å². The fourth-order valence-corrected chi connectivity index (χ4v) is 1.81. The second kappa shape index (κ2) is 7.41. The highest BCUT2D eigenvalue weighted by Gasteiger charge is 2.15. The van der Waals surface area contributed by atoms with Gasteiger partial charge in [0.1, 0.15) is 5.69 Å². The normalized spacial score (nSPS) is 10.4. The first-order valence-electron chi connectivity index (χ1n) is 6.17. The Morgan fingerprint density at radius 2 is 2.20 bits per heavy atom. The van der Waals surface area contributed by atoms with Gasteiger partial charge in [0, 0.05) is 19.2 Å². The SMILES string of the molecule is CCNC(=O)CN(C)Cc1ccc(NN)c([N+](=O)[O-])c1. The molecule has 1 aromatic rings. The van der Waals surface area contributed by atoms with E-state index in [-0.39, 0.29) is 23.8 Å². The minimum atomic E-state index is -0.498. The van der Waals surface area contributed by atoms with Crippen LogP contribution in [0.25, 0.3) is 0 Å². The molecule has 0 unspecified atom stereocenters. The molecule has 0 radical (unpaired) electrons. The van der Waals surface area contributed by atoms with E-state index >= 15 is 0 Å². The number of nitro groups is 1. The third kappa shape index (κ3) is 4.48. The smallest absolute Gasteiger partial charge is 0.293 e. The molecule has 4 N–H and O–H groups in total. The Morgan fingerprint density at radius 3 is 2.75 bits per heavy atom. The van der Waals surface area contributed by atoms with E-state index in [2.05, 4.69) is 10.7 Å². The molecule has 0 bridgehead atoms. The number of carbonyl (C=O) groups is 1. The minimum absolute atomic E-state index is 0.0789. The molecule has 0 heterocycles. The molecule has 1 rings (SSSR count). The van der Waals surface area contributed by atoms with Crippen LogP contribution in [0.3, 0.4) is 0 Å². The number of nitrogens with zero attached hydrogens (tertiary/aromatic N) is 2. The van der Waals surface area contributed by atoms with Crippen molar-refractivity contribution in [1.82, 2.24) is 10.2 Å². The number of nitrogen functional groups attached to an aromatic ring is 1. The predicted molar refractivity (Wildman–Crippen MR) is 75.9 cm³/mol. The van der Waals surface area contributed by atoms with Gasteiger partial charge in [-0.2, -0.15) is 0 Å². The molecule has 110 valence electrons. The van der Waals surface area contributed by atoms with Crippen LogP contribution in [0.2, 0.25) is 0 Å². The zero-order chi connectivity index (χ0) is 15.1. The summed E-state index contributed by atoms with van der Waals surface area (Å²) < 4.78 is 0. The van der Waals surface area contributed by atoms with Crippen LogP contribution in [-0.2, 0) is 11.3 Å². The maximum absolute atomic E-state index is 11.4. The molecule has 0 aromatic heterocycles. The number of anilines is 1. The number of likely N-dealkylation sites (N-methyl/N-ethyl adjacent to an activating group) is 2. The van der Waals surface area contributed by atoms with Gasteiger partial charge in [0.15, 0.2) is 0 Å². The van der Waals surface area contributed by atoms with Crippen molar-refractivity contribution in [3.05, 3.63) is 33.9 Å². The molecular formula is C12H19N5O3. The first-order valence-corrected chi connectivity index (χ1v) is 6.17. The number of amides is 1. The summed E-state index contributed by atoms with van der Waals surface area (Å²) in [5.41, 5.74) is 3.19. The highest BCUT2D eigenvalue weighted by atomic mass is 16.6. The molecule has 0 saturated carbocycles. The summed E-state index contributed by atoms with van der Waals surface area (Å²) in [6.45, 7) is 3.09. The van der Waals surface area contributed by atoms with Crippen LogP contribution < -0.4 is 16.6 Å². The Morgan fingerprint density at radius 1 is 1.50 bits per heavy atom. The van der Waals surface area contributed by atoms with E-state index in [1.165, 1.54) is 6.07 Å². The minimum Gasteiger partial charge on any atom is -0.355 e. The third-order valence-electron chi connectivity index (χ3n) is 2.65. The zero-order valence-corrected chi connectivity index (χ0v) is 11.5. The summed E-state index contributed by atoms with van der Waals surface area (Å²) in [5.74, 6) is 5.14. The first kappa shape index (κ1) is 15.9. The standard InChI is InChI=1S/C12H19N5O3/c1-3-14-12(18)8-16(2)7-9-4-5-10(15-13)11(6-9)17(19)20/h4-6,15H,3,7-8,13H2,1-2H3,(H,14,18). The van der Waals surface area contributed by atoms with Crippen molar-refractivity contribution in [2.24, 2.45) is 5.84 Å². The Bertz CT molecular complexity index is 492. The zero-order valence-electron chi connectivity index (χ0n) is 11.5. The number of benzene rings is 1. The molecule has 0 aliphatic heterocycles. The molecule has 0 atom stereocenters. The van der Waals surface area contributed by atoms with E-state index in [9.17, 15) is 14.9 Å². The van der Waals surface area contributed by atoms with E-state index in [0.717, 1.165) is 5.56 Å². The van der Waals surface area contributed by atoms with Gasteiger partial charge in [0.2, 0.25) is 5.91 Å². The van der Waals surface area contributed by atoms with E-state index in [1.54, 1.807) is 24.1 Å². The number of hydrogen-bond donors (Lipinski definition) is 3. The molecule has 0 aliphatic rings. The van der Waals surface area contributed by atoms with Crippen molar-refractivity contribution in [2.45, 2.75) is 13.5 Å². The van der Waals surface area contributed by atoms with Crippen LogP contribution in [0.5, 0.6) is 0 Å². The van der Waals surface area contributed by atoms with Crippen molar-refractivity contribution >= 4 is 17.3 Å². The monoisotopic (exact) mass is 281 g/mol. The molecule has 0 aliphatic carbocycles. The molecule has 0 spiro atoms. The van der Waals surface area contributed by atoms with Gasteiger partial charge in [0.05, 0.1) is 11.5 Å². The largest absolute Gasteiger partial charge is 0.355 e. The third-order valence-corrected chi connectivity index (χ3v) is 2.65. The Hall–Kier alpha value is -2.19. The van der Waals surface area contributed by atoms with Gasteiger partial charge in [-0.3, -0.25) is 25.7 Å². The quantitative estimate of drug-likeness (QED) is 0.380. The molecule has 0 fully saturated rings. The average molecular weight is 281 g/mol. The van der Waals surface area contributed by atoms with Gasteiger partial charge in [-0.1, -0.05) is 6.07 Å². The van der Waals surface area contributed by atoms with Crippen molar-refractivity contribution in [1.29, 1.82) is 0 Å². The number of rotatable bonds is 7. The Balaban J connectivity index is 2.75. The van der Waals surface area contributed by atoms with Crippen LogP contribution in [0, 0.1) is 10.1 Å². The fraction of sp³-hybridized carbons (Fsp3) is 0.417. The lowest BCUT2D eigenvalue weighted by atomic mass is 10.1. The van der Waals surface area contributed by atoms with E-state index in [0.29, 0.717) is 13.1 Å². The van der Waals surface area contributed by atoms with Gasteiger partial charge < -0.3 is 10.7 Å². The first-order chi connectivity index (χ1) is 9.47. The number of nitrogens with one attached hydrogen (secondary N) is 2. The number of hydrazine groups is 1. The summed E-state index contributed by atoms with van der Waals surface area (Å²) in [5, 5.41) is 13.6. The molecule has 20 heavy (non-hydrogen) atoms. The van der Waals surface area contributed by atoms with Gasteiger partial charge in [-0.05, 0) is 25.6 Å². The Kier molecular flexibility index (Phi) is 5.88. The molecule has 0 saturated heterocycles. The summed E-state index contributed by atoms with van der Waals surface area (Å²) in [6.07, 6.45) is 0. The summed E-state index contributed by atoms with van der Waals surface area (Å²) in [6, 6.07) is 4.73. The van der Waals surface area contributed by atoms with Crippen LogP contribution in [-0.4, -0.2) is 35.9 Å². The fourth-order valence-electron chi connectivity index (χ4n) is 1.81. The van der Waals surface area contributed by atoms with Gasteiger partial charge >= 0.3 is 0 Å². The summed E-state index contributed by atoms with van der Waals surface area (Å²) in [7, 11) is 1.77. The maximum atomic E-state index is 11.4. The van der Waals surface area contributed by atoms with Crippen LogP contribution in [0.1, 0.15) is 12.5 Å². The summed E-state index contributed by atoms with van der Waals surface area (Å²) >= 11 is 0. The Labute approximate surface area is 117 Å².